The van der Waals surface area contributed by atoms with Gasteiger partial charge in [0.15, 0.2) is 5.82 Å². The summed E-state index contributed by atoms with van der Waals surface area (Å²) >= 11 is 0. The lowest BCUT2D eigenvalue weighted by molar-refractivity contribution is 0.816. The van der Waals surface area contributed by atoms with E-state index in [9.17, 15) is 0 Å². The number of aromatic nitrogens is 3. The van der Waals surface area contributed by atoms with Gasteiger partial charge in [-0.3, -0.25) is 4.98 Å². The molecular weight excluding hydrogens is 198 g/mol. The van der Waals surface area contributed by atoms with Crippen molar-refractivity contribution in [2.45, 2.75) is 26.7 Å². The Labute approximate surface area is 95.6 Å². The fraction of sp³-hybridized carbons (Fsp3) is 0.308. The SMILES string of the molecule is Cc1ccc(-c2nccc(C(C)C)n2)cn1. The Bertz CT molecular complexity index is 475. The molecule has 0 saturated carbocycles. The molecule has 0 unspecified atom stereocenters. The van der Waals surface area contributed by atoms with Gasteiger partial charge in [-0.05, 0) is 31.0 Å². The van der Waals surface area contributed by atoms with Crippen LogP contribution in [0.3, 0.4) is 0 Å². The first kappa shape index (κ1) is 10.7. The van der Waals surface area contributed by atoms with Gasteiger partial charge in [-0.2, -0.15) is 0 Å². The summed E-state index contributed by atoms with van der Waals surface area (Å²) in [7, 11) is 0. The van der Waals surface area contributed by atoms with Crippen LogP contribution in [0.15, 0.2) is 30.6 Å². The summed E-state index contributed by atoms with van der Waals surface area (Å²) in [6, 6.07) is 5.93. The van der Waals surface area contributed by atoms with Gasteiger partial charge >= 0.3 is 0 Å². The summed E-state index contributed by atoms with van der Waals surface area (Å²) in [5.41, 5.74) is 3.03. The van der Waals surface area contributed by atoms with Crippen LogP contribution in [0, 0.1) is 6.92 Å². The van der Waals surface area contributed by atoms with Crippen LogP contribution >= 0.6 is 0 Å². The molecule has 2 aromatic rings. The average molecular weight is 213 g/mol. The molecule has 0 aliphatic heterocycles. The van der Waals surface area contributed by atoms with Crippen LogP contribution in [0.4, 0.5) is 0 Å². The van der Waals surface area contributed by atoms with E-state index in [0.717, 1.165) is 22.8 Å². The Morgan fingerprint density at radius 1 is 1.06 bits per heavy atom. The van der Waals surface area contributed by atoms with Gasteiger partial charge in [0.05, 0.1) is 0 Å². The topological polar surface area (TPSA) is 38.7 Å². The van der Waals surface area contributed by atoms with Gasteiger partial charge in [0, 0.05) is 29.3 Å². The minimum atomic E-state index is 0.417. The standard InChI is InChI=1S/C13H15N3/c1-9(2)12-6-7-14-13(16-12)11-5-4-10(3)15-8-11/h4-9H,1-3H3. The Morgan fingerprint density at radius 3 is 2.50 bits per heavy atom. The van der Waals surface area contributed by atoms with E-state index in [0.29, 0.717) is 5.92 Å². The number of rotatable bonds is 2. The number of hydrogen-bond acceptors (Lipinski definition) is 3. The fourth-order valence-electron chi connectivity index (χ4n) is 1.43. The van der Waals surface area contributed by atoms with Crippen molar-refractivity contribution in [1.82, 2.24) is 15.0 Å². The molecule has 0 spiro atoms. The van der Waals surface area contributed by atoms with Crippen LogP contribution in [-0.4, -0.2) is 15.0 Å². The lowest BCUT2D eigenvalue weighted by Gasteiger charge is -2.06. The highest BCUT2D eigenvalue weighted by Gasteiger charge is 2.05. The summed E-state index contributed by atoms with van der Waals surface area (Å²) in [6.45, 7) is 6.22. The molecule has 0 atom stereocenters. The molecule has 2 heterocycles. The highest BCUT2D eigenvalue weighted by Crippen LogP contribution is 2.17. The molecule has 0 amide bonds. The van der Waals surface area contributed by atoms with Crippen LogP contribution in [-0.2, 0) is 0 Å². The molecule has 2 aromatic heterocycles. The molecule has 16 heavy (non-hydrogen) atoms. The number of pyridine rings is 1. The lowest BCUT2D eigenvalue weighted by atomic mass is 10.1. The molecule has 0 N–H and O–H groups in total. The number of hydrogen-bond donors (Lipinski definition) is 0. The number of aryl methyl sites for hydroxylation is 1. The smallest absolute Gasteiger partial charge is 0.160 e. The highest BCUT2D eigenvalue weighted by molar-refractivity contribution is 5.53. The van der Waals surface area contributed by atoms with Gasteiger partial charge in [-0.1, -0.05) is 13.8 Å². The zero-order valence-electron chi connectivity index (χ0n) is 9.81. The van der Waals surface area contributed by atoms with E-state index in [1.165, 1.54) is 0 Å². The Kier molecular flexibility index (Phi) is 2.95. The van der Waals surface area contributed by atoms with Crippen molar-refractivity contribution < 1.29 is 0 Å². The van der Waals surface area contributed by atoms with Gasteiger partial charge in [-0.15, -0.1) is 0 Å². The zero-order chi connectivity index (χ0) is 11.5. The van der Waals surface area contributed by atoms with E-state index in [2.05, 4.69) is 28.8 Å². The maximum Gasteiger partial charge on any atom is 0.160 e. The summed E-state index contributed by atoms with van der Waals surface area (Å²) < 4.78 is 0. The normalized spacial score (nSPS) is 10.8. The second-order valence-electron chi connectivity index (χ2n) is 4.15. The maximum absolute atomic E-state index is 4.52. The summed E-state index contributed by atoms with van der Waals surface area (Å²) in [5, 5.41) is 0. The third-order valence-electron chi connectivity index (χ3n) is 2.44. The van der Waals surface area contributed by atoms with Crippen molar-refractivity contribution >= 4 is 0 Å². The summed E-state index contributed by atoms with van der Waals surface area (Å²) in [5.74, 6) is 1.17. The van der Waals surface area contributed by atoms with Crippen LogP contribution in [0.5, 0.6) is 0 Å². The van der Waals surface area contributed by atoms with E-state index < -0.39 is 0 Å². The molecule has 3 heteroatoms. The molecule has 0 saturated heterocycles. The van der Waals surface area contributed by atoms with Gasteiger partial charge in [0.2, 0.25) is 0 Å². The van der Waals surface area contributed by atoms with Crippen molar-refractivity contribution in [3.05, 3.63) is 42.0 Å². The fourth-order valence-corrected chi connectivity index (χ4v) is 1.43. The monoisotopic (exact) mass is 213 g/mol. The first-order valence-electron chi connectivity index (χ1n) is 5.43. The van der Waals surface area contributed by atoms with E-state index >= 15 is 0 Å². The number of nitrogens with zero attached hydrogens (tertiary/aromatic N) is 3. The van der Waals surface area contributed by atoms with Crippen LogP contribution in [0.1, 0.15) is 31.2 Å². The molecule has 82 valence electrons. The minimum absolute atomic E-state index is 0.417. The molecule has 0 aromatic carbocycles. The average Bonchev–Trinajstić information content (AvgIpc) is 2.30. The Balaban J connectivity index is 2.40. The van der Waals surface area contributed by atoms with Crippen molar-refractivity contribution in [1.29, 1.82) is 0 Å². The molecule has 0 radical (unpaired) electrons. The zero-order valence-corrected chi connectivity index (χ0v) is 9.81. The second-order valence-corrected chi connectivity index (χ2v) is 4.15. The van der Waals surface area contributed by atoms with Crippen LogP contribution < -0.4 is 0 Å². The summed E-state index contributed by atoms with van der Waals surface area (Å²) in [6.07, 6.45) is 3.62. The van der Waals surface area contributed by atoms with Crippen LogP contribution in [0.25, 0.3) is 11.4 Å². The predicted molar refractivity (Wildman–Crippen MR) is 64.1 cm³/mol. The maximum atomic E-state index is 4.52. The molecule has 0 bridgehead atoms. The highest BCUT2D eigenvalue weighted by atomic mass is 14.9. The molecule has 0 aliphatic rings. The van der Waals surface area contributed by atoms with Gasteiger partial charge in [0.1, 0.15) is 0 Å². The van der Waals surface area contributed by atoms with Gasteiger partial charge < -0.3 is 0 Å². The Hall–Kier alpha value is -1.77. The first-order valence-corrected chi connectivity index (χ1v) is 5.43. The van der Waals surface area contributed by atoms with E-state index in [-0.39, 0.29) is 0 Å². The molecule has 3 nitrogen and oxygen atoms in total. The third kappa shape index (κ3) is 2.24. The molecule has 0 fully saturated rings. The van der Waals surface area contributed by atoms with Crippen LogP contribution in [0.2, 0.25) is 0 Å². The molecule has 2 rings (SSSR count). The Morgan fingerprint density at radius 2 is 1.88 bits per heavy atom. The second kappa shape index (κ2) is 4.39. The van der Waals surface area contributed by atoms with E-state index in [4.69, 9.17) is 0 Å². The first-order chi connectivity index (χ1) is 7.66. The summed E-state index contributed by atoms with van der Waals surface area (Å²) in [4.78, 5) is 13.0. The predicted octanol–water partition coefficient (Wildman–Crippen LogP) is 2.97. The van der Waals surface area contributed by atoms with E-state index in [1.54, 1.807) is 6.20 Å². The van der Waals surface area contributed by atoms with Crippen molar-refractivity contribution in [2.75, 3.05) is 0 Å². The van der Waals surface area contributed by atoms with Crippen molar-refractivity contribution in [3.8, 4) is 11.4 Å². The van der Waals surface area contributed by atoms with E-state index in [1.807, 2.05) is 31.3 Å². The van der Waals surface area contributed by atoms with Crippen molar-refractivity contribution in [3.63, 3.8) is 0 Å². The van der Waals surface area contributed by atoms with Gasteiger partial charge in [0.25, 0.3) is 0 Å². The molecule has 0 aliphatic carbocycles. The largest absolute Gasteiger partial charge is 0.261 e. The minimum Gasteiger partial charge on any atom is -0.261 e. The lowest BCUT2D eigenvalue weighted by Crippen LogP contribution is -1.97. The third-order valence-corrected chi connectivity index (χ3v) is 2.44. The molecular formula is C13H15N3. The van der Waals surface area contributed by atoms with Crippen molar-refractivity contribution in [2.24, 2.45) is 0 Å². The van der Waals surface area contributed by atoms with Gasteiger partial charge in [-0.25, -0.2) is 9.97 Å². The quantitative estimate of drug-likeness (QED) is 0.769.